The molecule has 0 aliphatic rings. The van der Waals surface area contributed by atoms with Crippen LogP contribution >= 0.6 is 11.3 Å². The predicted molar refractivity (Wildman–Crippen MR) is 54.4 cm³/mol. The molecular weight excluding hydrogens is 196 g/mol. The van der Waals surface area contributed by atoms with E-state index in [0.717, 1.165) is 5.56 Å². The van der Waals surface area contributed by atoms with Crippen molar-refractivity contribution >= 4 is 17.1 Å². The monoisotopic (exact) mass is 204 g/mol. The highest BCUT2D eigenvalue weighted by atomic mass is 32.1. The Balaban J connectivity index is 2.10. The normalized spacial score (nSPS) is 10.0. The largest absolute Gasteiger partial charge is 0.292 e. The molecular formula is C10H8N2OS. The molecule has 0 saturated heterocycles. The van der Waals surface area contributed by atoms with Crippen LogP contribution in [0.25, 0.3) is 0 Å². The van der Waals surface area contributed by atoms with Gasteiger partial charge in [0.15, 0.2) is 5.78 Å². The highest BCUT2D eigenvalue weighted by molar-refractivity contribution is 7.07. The van der Waals surface area contributed by atoms with Gasteiger partial charge in [-0.05, 0) is 17.7 Å². The summed E-state index contributed by atoms with van der Waals surface area (Å²) in [5.41, 5.74) is 3.18. The van der Waals surface area contributed by atoms with Crippen LogP contribution in [0.2, 0.25) is 0 Å². The van der Waals surface area contributed by atoms with Crippen molar-refractivity contribution in [2.24, 2.45) is 0 Å². The minimum Gasteiger partial charge on any atom is -0.292 e. The molecule has 0 aliphatic heterocycles. The average molecular weight is 204 g/mol. The zero-order valence-corrected chi connectivity index (χ0v) is 8.20. The van der Waals surface area contributed by atoms with Crippen molar-refractivity contribution < 1.29 is 4.79 Å². The van der Waals surface area contributed by atoms with E-state index >= 15 is 0 Å². The van der Waals surface area contributed by atoms with Gasteiger partial charge in [-0.25, -0.2) is 4.98 Å². The molecule has 0 radical (unpaired) electrons. The lowest BCUT2D eigenvalue weighted by Crippen LogP contribution is -2.03. The third-order valence-electron chi connectivity index (χ3n) is 1.83. The van der Waals surface area contributed by atoms with E-state index in [2.05, 4.69) is 9.97 Å². The number of pyridine rings is 1. The first-order valence-electron chi connectivity index (χ1n) is 4.16. The molecule has 0 saturated carbocycles. The van der Waals surface area contributed by atoms with Crippen LogP contribution in [0.3, 0.4) is 0 Å². The molecule has 0 aliphatic carbocycles. The fourth-order valence-electron chi connectivity index (χ4n) is 1.13. The van der Waals surface area contributed by atoms with Gasteiger partial charge < -0.3 is 0 Å². The van der Waals surface area contributed by atoms with Crippen LogP contribution in [0.15, 0.2) is 35.4 Å². The molecule has 2 aromatic rings. The van der Waals surface area contributed by atoms with Gasteiger partial charge in [0.25, 0.3) is 0 Å². The van der Waals surface area contributed by atoms with Crippen LogP contribution in [0.1, 0.15) is 16.1 Å². The molecule has 2 heterocycles. The van der Waals surface area contributed by atoms with E-state index in [0.29, 0.717) is 12.1 Å². The standard InChI is InChI=1S/C10H8N2OS/c13-10(9-6-14-7-12-9)5-8-1-3-11-4-2-8/h1-4,6-7H,5H2. The molecule has 0 spiro atoms. The highest BCUT2D eigenvalue weighted by Crippen LogP contribution is 2.06. The zero-order chi connectivity index (χ0) is 9.80. The SMILES string of the molecule is O=C(Cc1ccncc1)c1cscn1. The molecule has 0 fully saturated rings. The zero-order valence-electron chi connectivity index (χ0n) is 7.38. The molecule has 0 atom stereocenters. The van der Waals surface area contributed by atoms with Gasteiger partial charge in [0, 0.05) is 24.2 Å². The number of Topliss-reactive ketones (excluding diaryl/α,β-unsaturated/α-hetero) is 1. The van der Waals surface area contributed by atoms with E-state index in [4.69, 9.17) is 0 Å². The van der Waals surface area contributed by atoms with Crippen LogP contribution in [0.5, 0.6) is 0 Å². The van der Waals surface area contributed by atoms with E-state index in [-0.39, 0.29) is 5.78 Å². The quantitative estimate of drug-likeness (QED) is 0.718. The first kappa shape index (κ1) is 9.02. The minimum atomic E-state index is 0.0532. The van der Waals surface area contributed by atoms with E-state index in [1.165, 1.54) is 11.3 Å². The van der Waals surface area contributed by atoms with Crippen molar-refractivity contribution in [2.45, 2.75) is 6.42 Å². The van der Waals surface area contributed by atoms with Crippen molar-refractivity contribution in [2.75, 3.05) is 0 Å². The topological polar surface area (TPSA) is 42.9 Å². The molecule has 0 N–H and O–H groups in total. The Hall–Kier alpha value is -1.55. The van der Waals surface area contributed by atoms with Crippen molar-refractivity contribution in [3.63, 3.8) is 0 Å². The number of carbonyl (C=O) groups excluding carboxylic acids is 1. The summed E-state index contributed by atoms with van der Waals surface area (Å²) in [6, 6.07) is 3.68. The number of ketones is 1. The second-order valence-electron chi connectivity index (χ2n) is 2.83. The molecule has 0 bridgehead atoms. The molecule has 2 rings (SSSR count). The Bertz CT molecular complexity index is 411. The average Bonchev–Trinajstić information content (AvgIpc) is 2.72. The lowest BCUT2D eigenvalue weighted by Gasteiger charge is -1.96. The van der Waals surface area contributed by atoms with Gasteiger partial charge in [0.2, 0.25) is 0 Å². The molecule has 4 heteroatoms. The van der Waals surface area contributed by atoms with E-state index in [1.807, 2.05) is 12.1 Å². The number of hydrogen-bond donors (Lipinski definition) is 0. The van der Waals surface area contributed by atoms with Gasteiger partial charge in [-0.1, -0.05) is 0 Å². The third-order valence-corrected chi connectivity index (χ3v) is 2.42. The smallest absolute Gasteiger partial charge is 0.186 e. The van der Waals surface area contributed by atoms with Crippen molar-refractivity contribution in [3.8, 4) is 0 Å². The summed E-state index contributed by atoms with van der Waals surface area (Å²) in [7, 11) is 0. The maximum absolute atomic E-state index is 11.6. The Morgan fingerprint density at radius 1 is 1.36 bits per heavy atom. The Morgan fingerprint density at radius 2 is 2.14 bits per heavy atom. The summed E-state index contributed by atoms with van der Waals surface area (Å²) >= 11 is 1.43. The van der Waals surface area contributed by atoms with Gasteiger partial charge in [0.05, 0.1) is 5.51 Å². The number of hydrogen-bond acceptors (Lipinski definition) is 4. The second-order valence-corrected chi connectivity index (χ2v) is 3.55. The number of nitrogens with zero attached hydrogens (tertiary/aromatic N) is 2. The number of carbonyl (C=O) groups is 1. The van der Waals surface area contributed by atoms with Gasteiger partial charge >= 0.3 is 0 Å². The van der Waals surface area contributed by atoms with Crippen molar-refractivity contribution in [1.82, 2.24) is 9.97 Å². The Labute approximate surface area is 85.5 Å². The van der Waals surface area contributed by atoms with Crippen LogP contribution in [0, 0.1) is 0 Å². The minimum absolute atomic E-state index is 0.0532. The lowest BCUT2D eigenvalue weighted by molar-refractivity contribution is 0.0989. The van der Waals surface area contributed by atoms with E-state index in [1.54, 1.807) is 23.3 Å². The molecule has 0 amide bonds. The first-order chi connectivity index (χ1) is 6.86. The molecule has 2 aromatic heterocycles. The third kappa shape index (κ3) is 2.03. The van der Waals surface area contributed by atoms with Crippen LogP contribution in [-0.4, -0.2) is 15.8 Å². The van der Waals surface area contributed by atoms with Crippen molar-refractivity contribution in [3.05, 3.63) is 46.7 Å². The summed E-state index contributed by atoms with van der Waals surface area (Å²) in [4.78, 5) is 19.5. The van der Waals surface area contributed by atoms with Crippen molar-refractivity contribution in [1.29, 1.82) is 0 Å². The number of rotatable bonds is 3. The maximum Gasteiger partial charge on any atom is 0.186 e. The summed E-state index contributed by atoms with van der Waals surface area (Å²) < 4.78 is 0. The maximum atomic E-state index is 11.6. The van der Waals surface area contributed by atoms with Crippen LogP contribution < -0.4 is 0 Å². The summed E-state index contributed by atoms with van der Waals surface area (Å²) in [5, 5.41) is 1.77. The fraction of sp³-hybridized carbons (Fsp3) is 0.100. The van der Waals surface area contributed by atoms with Crippen LogP contribution in [-0.2, 0) is 6.42 Å². The van der Waals surface area contributed by atoms with Gasteiger partial charge in [0.1, 0.15) is 5.69 Å². The summed E-state index contributed by atoms with van der Waals surface area (Å²) in [6.07, 6.45) is 3.76. The van der Waals surface area contributed by atoms with E-state index in [9.17, 15) is 4.79 Å². The lowest BCUT2D eigenvalue weighted by atomic mass is 10.1. The van der Waals surface area contributed by atoms with E-state index < -0.39 is 0 Å². The highest BCUT2D eigenvalue weighted by Gasteiger charge is 2.07. The molecule has 14 heavy (non-hydrogen) atoms. The summed E-state index contributed by atoms with van der Waals surface area (Å²) in [6.45, 7) is 0. The van der Waals surface area contributed by atoms with Gasteiger partial charge in [-0.3, -0.25) is 9.78 Å². The molecule has 0 aromatic carbocycles. The Kier molecular flexibility index (Phi) is 2.65. The second kappa shape index (κ2) is 4.11. The van der Waals surface area contributed by atoms with Gasteiger partial charge in [-0.2, -0.15) is 0 Å². The summed E-state index contributed by atoms with van der Waals surface area (Å²) in [5.74, 6) is 0.0532. The Morgan fingerprint density at radius 3 is 2.79 bits per heavy atom. The first-order valence-corrected chi connectivity index (χ1v) is 5.11. The van der Waals surface area contributed by atoms with Crippen LogP contribution in [0.4, 0.5) is 0 Å². The molecule has 0 unspecified atom stereocenters. The fourth-order valence-corrected chi connectivity index (χ4v) is 1.68. The van der Waals surface area contributed by atoms with Gasteiger partial charge in [-0.15, -0.1) is 11.3 Å². The number of thiazole rings is 1. The molecule has 3 nitrogen and oxygen atoms in total. The molecule has 70 valence electrons. The number of aromatic nitrogens is 2. The predicted octanol–water partition coefficient (Wildman–Crippen LogP) is 1.96.